The zero-order valence-electron chi connectivity index (χ0n) is 10.9. The minimum Gasteiger partial charge on any atom is -0.458 e. The Labute approximate surface area is 125 Å². The first-order valence-electron chi connectivity index (χ1n) is 6.15. The lowest BCUT2D eigenvalue weighted by Crippen LogP contribution is -2.19. The summed E-state index contributed by atoms with van der Waals surface area (Å²) in [4.78, 5) is 11.8. The number of hydrogen-bond acceptors (Lipinski definition) is 3. The molecular formula is C13H10F6O2S. The molecule has 0 unspecified atom stereocenters. The Hall–Kier alpha value is -1.38. The largest absolute Gasteiger partial charge is 0.458 e. The molecule has 0 spiro atoms. The highest BCUT2D eigenvalue weighted by Crippen LogP contribution is 2.36. The maximum absolute atomic E-state index is 12.7. The lowest BCUT2D eigenvalue weighted by molar-refractivity contribution is -0.143. The Morgan fingerprint density at radius 3 is 2.00 bits per heavy atom. The third-order valence-corrected chi connectivity index (χ3v) is 4.12. The summed E-state index contributed by atoms with van der Waals surface area (Å²) in [5.41, 5.74) is -3.82. The molecule has 0 amide bonds. The molecule has 0 aliphatic carbocycles. The van der Waals surface area contributed by atoms with Gasteiger partial charge in [-0.15, -0.1) is 0 Å². The minimum absolute atomic E-state index is 0.0256. The number of thioether (sulfide) groups is 1. The molecule has 0 aromatic heterocycles. The lowest BCUT2D eigenvalue weighted by atomic mass is 10.0. The maximum atomic E-state index is 12.7. The number of carbonyl (C=O) groups excluding carboxylic acids is 1. The van der Waals surface area contributed by atoms with E-state index in [1.54, 1.807) is 0 Å². The van der Waals surface area contributed by atoms with Crippen molar-refractivity contribution >= 4 is 17.7 Å². The summed E-state index contributed by atoms with van der Waals surface area (Å²) >= 11 is 1.50. The van der Waals surface area contributed by atoms with E-state index in [2.05, 4.69) is 0 Å². The Balaban J connectivity index is 2.34. The molecule has 1 saturated heterocycles. The Bertz CT molecular complexity index is 528. The van der Waals surface area contributed by atoms with Gasteiger partial charge in [-0.05, 0) is 30.4 Å². The van der Waals surface area contributed by atoms with Crippen LogP contribution >= 0.6 is 11.8 Å². The van der Waals surface area contributed by atoms with Crippen LogP contribution in [0.3, 0.4) is 0 Å². The van der Waals surface area contributed by atoms with Crippen molar-refractivity contribution in [1.29, 1.82) is 0 Å². The van der Waals surface area contributed by atoms with Gasteiger partial charge in [0.1, 0.15) is 6.10 Å². The summed E-state index contributed by atoms with van der Waals surface area (Å²) in [6, 6.07) is 0.724. The summed E-state index contributed by atoms with van der Waals surface area (Å²) in [6.45, 7) is 0. The highest BCUT2D eigenvalue weighted by atomic mass is 32.2. The molecule has 1 aromatic rings. The summed E-state index contributed by atoms with van der Waals surface area (Å²) in [7, 11) is 0. The second-order valence-corrected chi connectivity index (χ2v) is 5.84. The molecule has 0 bridgehead atoms. The number of carbonyl (C=O) groups is 1. The second kappa shape index (κ2) is 6.02. The number of alkyl halides is 6. The smallest absolute Gasteiger partial charge is 0.416 e. The first kappa shape index (κ1) is 17.0. The molecule has 2 nitrogen and oxygen atoms in total. The topological polar surface area (TPSA) is 26.3 Å². The summed E-state index contributed by atoms with van der Waals surface area (Å²) in [5, 5.41) is 0. The molecule has 9 heteroatoms. The van der Waals surface area contributed by atoms with Gasteiger partial charge in [-0.25, -0.2) is 4.79 Å². The van der Waals surface area contributed by atoms with Crippen LogP contribution in [0.25, 0.3) is 0 Å². The van der Waals surface area contributed by atoms with Gasteiger partial charge in [0.2, 0.25) is 0 Å². The van der Waals surface area contributed by atoms with E-state index in [0.29, 0.717) is 24.3 Å². The maximum Gasteiger partial charge on any atom is 0.416 e. The second-order valence-electron chi connectivity index (χ2n) is 4.69. The van der Waals surface area contributed by atoms with Gasteiger partial charge in [0.15, 0.2) is 0 Å². The average Bonchev–Trinajstić information content (AvgIpc) is 2.89. The number of ether oxygens (including phenoxy) is 1. The van der Waals surface area contributed by atoms with Gasteiger partial charge in [-0.2, -0.15) is 38.1 Å². The van der Waals surface area contributed by atoms with Gasteiger partial charge >= 0.3 is 18.3 Å². The van der Waals surface area contributed by atoms with E-state index >= 15 is 0 Å². The predicted molar refractivity (Wildman–Crippen MR) is 67.6 cm³/mol. The van der Waals surface area contributed by atoms with E-state index in [9.17, 15) is 31.1 Å². The van der Waals surface area contributed by atoms with Crippen molar-refractivity contribution < 1.29 is 35.9 Å². The quantitative estimate of drug-likeness (QED) is 0.588. The zero-order chi connectivity index (χ0) is 16.5. The molecule has 1 heterocycles. The fraction of sp³-hybridized carbons (Fsp3) is 0.462. The van der Waals surface area contributed by atoms with Gasteiger partial charge < -0.3 is 4.74 Å². The number of benzene rings is 1. The molecule has 0 saturated carbocycles. The molecule has 22 heavy (non-hydrogen) atoms. The third kappa shape index (κ3) is 4.08. The van der Waals surface area contributed by atoms with Crippen LogP contribution < -0.4 is 0 Å². The van der Waals surface area contributed by atoms with Gasteiger partial charge in [0.05, 0.1) is 16.7 Å². The Morgan fingerprint density at radius 1 is 1.05 bits per heavy atom. The van der Waals surface area contributed by atoms with Crippen molar-refractivity contribution in [3.8, 4) is 0 Å². The van der Waals surface area contributed by atoms with E-state index < -0.39 is 41.1 Å². The van der Waals surface area contributed by atoms with Gasteiger partial charge in [-0.3, -0.25) is 0 Å². The summed E-state index contributed by atoms with van der Waals surface area (Å²) in [6.07, 6.45) is -9.93. The van der Waals surface area contributed by atoms with Crippen molar-refractivity contribution in [2.45, 2.75) is 24.9 Å². The third-order valence-electron chi connectivity index (χ3n) is 2.98. The number of rotatable bonds is 2. The Morgan fingerprint density at radius 2 is 1.59 bits per heavy atom. The van der Waals surface area contributed by atoms with Gasteiger partial charge in [0, 0.05) is 5.75 Å². The molecule has 2 rings (SSSR count). The molecule has 1 aromatic carbocycles. The molecule has 122 valence electrons. The summed E-state index contributed by atoms with van der Waals surface area (Å²) in [5.74, 6) is 0.0367. The number of esters is 1. The van der Waals surface area contributed by atoms with Gasteiger partial charge in [0.25, 0.3) is 0 Å². The molecule has 1 fully saturated rings. The fourth-order valence-electron chi connectivity index (χ4n) is 1.90. The van der Waals surface area contributed by atoms with Crippen LogP contribution in [0.4, 0.5) is 26.3 Å². The van der Waals surface area contributed by atoms with Crippen LogP contribution in [-0.4, -0.2) is 23.6 Å². The standard InChI is InChI=1S/C13H10F6O2S/c14-12(15,16)8-3-7(4-9(5-8)13(17,18)19)11(20)21-10-1-2-22-6-10/h3-5,10H,1-2,6H2/t10-/m0/s1. The van der Waals surface area contributed by atoms with Crippen molar-refractivity contribution in [2.75, 3.05) is 11.5 Å². The van der Waals surface area contributed by atoms with E-state index in [1.165, 1.54) is 11.8 Å². The predicted octanol–water partition coefficient (Wildman–Crippen LogP) is 4.39. The Kier molecular flexibility index (Phi) is 4.65. The van der Waals surface area contributed by atoms with Crippen molar-refractivity contribution in [3.63, 3.8) is 0 Å². The highest BCUT2D eigenvalue weighted by Gasteiger charge is 2.38. The zero-order valence-corrected chi connectivity index (χ0v) is 11.7. The molecule has 1 aliphatic rings. The van der Waals surface area contributed by atoms with E-state index in [-0.39, 0.29) is 6.07 Å². The van der Waals surface area contributed by atoms with E-state index in [4.69, 9.17) is 4.74 Å². The molecule has 0 N–H and O–H groups in total. The van der Waals surface area contributed by atoms with Gasteiger partial charge in [-0.1, -0.05) is 0 Å². The molecule has 1 aliphatic heterocycles. The van der Waals surface area contributed by atoms with Crippen LogP contribution in [-0.2, 0) is 17.1 Å². The first-order chi connectivity index (χ1) is 10.1. The lowest BCUT2D eigenvalue weighted by Gasteiger charge is -2.15. The normalized spacial score (nSPS) is 19.3. The number of halogens is 6. The van der Waals surface area contributed by atoms with Crippen molar-refractivity contribution in [2.24, 2.45) is 0 Å². The minimum atomic E-state index is -4.99. The van der Waals surface area contributed by atoms with Crippen LogP contribution in [0, 0.1) is 0 Å². The summed E-state index contributed by atoms with van der Waals surface area (Å²) < 4.78 is 81.0. The fourth-order valence-corrected chi connectivity index (χ4v) is 2.99. The van der Waals surface area contributed by atoms with E-state index in [1.807, 2.05) is 0 Å². The number of hydrogen-bond donors (Lipinski definition) is 0. The first-order valence-corrected chi connectivity index (χ1v) is 7.31. The highest BCUT2D eigenvalue weighted by molar-refractivity contribution is 7.99. The van der Waals surface area contributed by atoms with Crippen LogP contribution in [0.2, 0.25) is 0 Å². The van der Waals surface area contributed by atoms with E-state index in [0.717, 1.165) is 5.75 Å². The monoisotopic (exact) mass is 344 g/mol. The molecule has 1 atom stereocenters. The molecule has 0 radical (unpaired) electrons. The van der Waals surface area contributed by atoms with Crippen molar-refractivity contribution in [1.82, 2.24) is 0 Å². The van der Waals surface area contributed by atoms with Crippen LogP contribution in [0.5, 0.6) is 0 Å². The van der Waals surface area contributed by atoms with Crippen LogP contribution in [0.15, 0.2) is 18.2 Å². The SMILES string of the molecule is O=C(O[C@H]1CCSC1)c1cc(C(F)(F)F)cc(C(F)(F)F)c1. The van der Waals surface area contributed by atoms with Crippen molar-refractivity contribution in [3.05, 3.63) is 34.9 Å². The average molecular weight is 344 g/mol. The van der Waals surface area contributed by atoms with Crippen LogP contribution in [0.1, 0.15) is 27.9 Å². The molecular weight excluding hydrogens is 334 g/mol.